The van der Waals surface area contributed by atoms with E-state index < -0.39 is 47.0 Å². The van der Waals surface area contributed by atoms with Crippen LogP contribution >= 0.6 is 0 Å². The van der Waals surface area contributed by atoms with Crippen molar-refractivity contribution >= 4 is 29.7 Å². The minimum atomic E-state index is -1.31. The Morgan fingerprint density at radius 3 is 1.97 bits per heavy atom. The molecule has 2 atom stereocenters. The second kappa shape index (κ2) is 9.19. The molecule has 2 heterocycles. The van der Waals surface area contributed by atoms with Gasteiger partial charge in [0.25, 0.3) is 11.8 Å². The van der Waals surface area contributed by atoms with E-state index in [2.05, 4.69) is 0 Å². The zero-order valence-corrected chi connectivity index (χ0v) is 20.5. The first-order valence-corrected chi connectivity index (χ1v) is 11.4. The first-order valence-electron chi connectivity index (χ1n) is 11.4. The summed E-state index contributed by atoms with van der Waals surface area (Å²) in [6.07, 6.45) is -0.606. The number of ketones is 1. The summed E-state index contributed by atoms with van der Waals surface area (Å²) in [7, 11) is 0. The zero-order valence-electron chi connectivity index (χ0n) is 20.5. The SMILES string of the molecule is CC(C)(C)OC(=O)[C@H](C[C@@H]1CN(C(=O)OC(C)(C)C)CCC1=O)N1C(=O)c2ccccc2C1=O. The molecular weight excluding hydrogens is 440 g/mol. The lowest BCUT2D eigenvalue weighted by molar-refractivity contribution is -0.160. The summed E-state index contributed by atoms with van der Waals surface area (Å²) in [5.74, 6) is -2.90. The summed E-state index contributed by atoms with van der Waals surface area (Å²) in [4.78, 5) is 67.0. The molecule has 0 saturated carbocycles. The molecule has 3 amide bonds. The average Bonchev–Trinajstić information content (AvgIpc) is 2.95. The Kier molecular flexibility index (Phi) is 6.87. The quantitative estimate of drug-likeness (QED) is 0.489. The van der Waals surface area contributed by atoms with Crippen molar-refractivity contribution in [1.82, 2.24) is 9.80 Å². The third-order valence-electron chi connectivity index (χ3n) is 5.50. The van der Waals surface area contributed by atoms with Crippen molar-refractivity contribution in [2.24, 2.45) is 5.92 Å². The molecular formula is C25H32N2O7. The first-order chi connectivity index (χ1) is 15.7. The number of nitrogens with zero attached hydrogens (tertiary/aromatic N) is 2. The number of imide groups is 1. The number of Topliss-reactive ketones (excluding diaryl/α,β-unsaturated/α-hetero) is 1. The smallest absolute Gasteiger partial charge is 0.410 e. The molecule has 0 bridgehead atoms. The molecule has 9 nitrogen and oxygen atoms in total. The molecule has 0 N–H and O–H groups in total. The summed E-state index contributed by atoms with van der Waals surface area (Å²) < 4.78 is 10.9. The lowest BCUT2D eigenvalue weighted by Gasteiger charge is -2.36. The number of rotatable bonds is 4. The molecule has 1 saturated heterocycles. The Morgan fingerprint density at radius 2 is 1.47 bits per heavy atom. The Morgan fingerprint density at radius 1 is 0.941 bits per heavy atom. The van der Waals surface area contributed by atoms with Gasteiger partial charge in [-0.1, -0.05) is 12.1 Å². The third kappa shape index (κ3) is 5.63. The Hall–Kier alpha value is -3.23. The van der Waals surface area contributed by atoms with E-state index in [1.54, 1.807) is 53.7 Å². The Balaban J connectivity index is 1.88. The average molecular weight is 473 g/mol. The van der Waals surface area contributed by atoms with Crippen LogP contribution in [0.5, 0.6) is 0 Å². The van der Waals surface area contributed by atoms with E-state index in [1.807, 2.05) is 0 Å². The summed E-state index contributed by atoms with van der Waals surface area (Å²) in [5, 5.41) is 0. The van der Waals surface area contributed by atoms with Gasteiger partial charge in [0.05, 0.1) is 11.1 Å². The van der Waals surface area contributed by atoms with E-state index in [9.17, 15) is 24.0 Å². The van der Waals surface area contributed by atoms with Crippen molar-refractivity contribution in [1.29, 1.82) is 0 Å². The van der Waals surface area contributed by atoms with Crippen LogP contribution in [0.3, 0.4) is 0 Å². The van der Waals surface area contributed by atoms with Crippen LogP contribution in [-0.2, 0) is 19.1 Å². The Bertz CT molecular complexity index is 984. The van der Waals surface area contributed by atoms with E-state index in [1.165, 1.54) is 17.0 Å². The highest BCUT2D eigenvalue weighted by atomic mass is 16.6. The highest BCUT2D eigenvalue weighted by Gasteiger charge is 2.46. The van der Waals surface area contributed by atoms with Gasteiger partial charge in [-0.3, -0.25) is 19.3 Å². The number of likely N-dealkylation sites (tertiary alicyclic amines) is 1. The second-order valence-corrected chi connectivity index (χ2v) is 10.7. The highest BCUT2D eigenvalue weighted by molar-refractivity contribution is 6.22. The summed E-state index contributed by atoms with van der Waals surface area (Å²) >= 11 is 0. The minimum Gasteiger partial charge on any atom is -0.458 e. The second-order valence-electron chi connectivity index (χ2n) is 10.7. The standard InChI is InChI=1S/C25H32N2O7/c1-24(2,3)33-22(31)18(27-20(29)16-9-7-8-10-17(16)21(27)30)13-15-14-26(12-11-19(15)28)23(32)34-25(4,5)6/h7-10,15,18H,11-14H2,1-6H3/t15-,18+/m1/s1. The molecule has 3 rings (SSSR count). The molecule has 0 radical (unpaired) electrons. The van der Waals surface area contributed by atoms with Gasteiger partial charge in [0.2, 0.25) is 0 Å². The van der Waals surface area contributed by atoms with Gasteiger partial charge < -0.3 is 14.4 Å². The molecule has 1 aromatic carbocycles. The fourth-order valence-corrected chi connectivity index (χ4v) is 4.04. The van der Waals surface area contributed by atoms with Crippen LogP contribution in [0.2, 0.25) is 0 Å². The number of hydrogen-bond donors (Lipinski definition) is 0. The fraction of sp³-hybridized carbons (Fsp3) is 0.560. The van der Waals surface area contributed by atoms with Crippen LogP contribution in [0.4, 0.5) is 4.79 Å². The largest absolute Gasteiger partial charge is 0.458 e. The Labute approximate surface area is 199 Å². The first kappa shape index (κ1) is 25.4. The van der Waals surface area contributed by atoms with E-state index in [0.29, 0.717) is 0 Å². The van der Waals surface area contributed by atoms with Gasteiger partial charge in [-0.25, -0.2) is 9.59 Å². The maximum absolute atomic E-state index is 13.2. The van der Waals surface area contributed by atoms with Crippen molar-refractivity contribution < 1.29 is 33.4 Å². The fourth-order valence-electron chi connectivity index (χ4n) is 4.04. The lowest BCUT2D eigenvalue weighted by atomic mass is 9.89. The summed E-state index contributed by atoms with van der Waals surface area (Å²) in [6.45, 7) is 10.5. The van der Waals surface area contributed by atoms with Gasteiger partial charge in [-0.2, -0.15) is 0 Å². The monoisotopic (exact) mass is 472 g/mol. The molecule has 34 heavy (non-hydrogen) atoms. The topological polar surface area (TPSA) is 110 Å². The molecule has 0 aromatic heterocycles. The van der Waals surface area contributed by atoms with Crippen LogP contribution in [0, 0.1) is 5.92 Å². The molecule has 1 aromatic rings. The van der Waals surface area contributed by atoms with Gasteiger partial charge in [-0.05, 0) is 60.1 Å². The van der Waals surface area contributed by atoms with Gasteiger partial charge in [0, 0.05) is 25.4 Å². The maximum Gasteiger partial charge on any atom is 0.410 e. The van der Waals surface area contributed by atoms with Gasteiger partial charge >= 0.3 is 12.1 Å². The van der Waals surface area contributed by atoms with Gasteiger partial charge in [0.15, 0.2) is 0 Å². The zero-order chi connectivity index (χ0) is 25.4. The van der Waals surface area contributed by atoms with Crippen molar-refractivity contribution in [3.8, 4) is 0 Å². The molecule has 9 heteroatoms. The number of ether oxygens (including phenoxy) is 2. The summed E-state index contributed by atoms with van der Waals surface area (Å²) in [6, 6.07) is 5.02. The van der Waals surface area contributed by atoms with Crippen LogP contribution in [0.15, 0.2) is 24.3 Å². The maximum atomic E-state index is 13.2. The molecule has 2 aliphatic rings. The number of hydrogen-bond acceptors (Lipinski definition) is 7. The molecule has 0 aliphatic carbocycles. The summed E-state index contributed by atoms with van der Waals surface area (Å²) in [5.41, 5.74) is -1.17. The van der Waals surface area contributed by atoms with Crippen LogP contribution in [0.1, 0.15) is 75.1 Å². The van der Waals surface area contributed by atoms with E-state index >= 15 is 0 Å². The number of piperidine rings is 1. The highest BCUT2D eigenvalue weighted by Crippen LogP contribution is 2.30. The molecule has 1 fully saturated rings. The van der Waals surface area contributed by atoms with Gasteiger partial charge in [-0.15, -0.1) is 0 Å². The van der Waals surface area contributed by atoms with Crippen molar-refractivity contribution in [2.75, 3.05) is 13.1 Å². The van der Waals surface area contributed by atoms with Gasteiger partial charge in [0.1, 0.15) is 23.0 Å². The number of carbonyl (C=O) groups excluding carboxylic acids is 5. The van der Waals surface area contributed by atoms with E-state index in [0.717, 1.165) is 4.90 Å². The molecule has 184 valence electrons. The van der Waals surface area contributed by atoms with Crippen molar-refractivity contribution in [3.63, 3.8) is 0 Å². The van der Waals surface area contributed by atoms with Crippen molar-refractivity contribution in [2.45, 2.75) is 71.6 Å². The predicted octanol–water partition coefficient (Wildman–Crippen LogP) is 3.21. The number of benzene rings is 1. The molecule has 2 aliphatic heterocycles. The number of amides is 3. The third-order valence-corrected chi connectivity index (χ3v) is 5.50. The molecule has 0 spiro atoms. The van der Waals surface area contributed by atoms with Crippen LogP contribution < -0.4 is 0 Å². The van der Waals surface area contributed by atoms with Crippen molar-refractivity contribution in [3.05, 3.63) is 35.4 Å². The minimum absolute atomic E-state index is 0.0240. The normalized spacial score (nSPS) is 19.7. The number of fused-ring (bicyclic) bond motifs is 1. The number of carbonyl (C=O) groups is 5. The lowest BCUT2D eigenvalue weighted by Crippen LogP contribution is -2.52. The van der Waals surface area contributed by atoms with E-state index in [-0.39, 0.29) is 42.8 Å². The van der Waals surface area contributed by atoms with E-state index in [4.69, 9.17) is 9.47 Å². The number of esters is 1. The van der Waals surface area contributed by atoms with Crippen LogP contribution in [0.25, 0.3) is 0 Å². The molecule has 0 unspecified atom stereocenters. The van der Waals surface area contributed by atoms with Crippen LogP contribution in [-0.4, -0.2) is 69.8 Å². The predicted molar refractivity (Wildman–Crippen MR) is 122 cm³/mol.